The Balaban J connectivity index is -0.000000966. The molecular weight excluding hydrogens is 743 g/mol. The van der Waals surface area contributed by atoms with E-state index in [-0.39, 0.29) is 37.7 Å². The molecule has 0 aromatic rings. The van der Waals surface area contributed by atoms with Crippen LogP contribution in [0.4, 0.5) is 0 Å². The Bertz CT molecular complexity index is 506. The van der Waals surface area contributed by atoms with Crippen LogP contribution in [0.5, 0.6) is 0 Å². The van der Waals surface area contributed by atoms with Crippen LogP contribution in [0.1, 0.15) is 285 Å². The predicted molar refractivity (Wildman–Crippen MR) is 251 cm³/mol. The smallest absolute Gasteiger partial charge is 0.529 e. The maximum Gasteiger partial charge on any atom is 2.00 e. The molecule has 0 saturated heterocycles. The summed E-state index contributed by atoms with van der Waals surface area (Å²) in [5.41, 5.74) is 0. The first kappa shape index (κ1) is 61.3. The fraction of sp³-hybridized carbons (Fsp3) is 1.00. The van der Waals surface area contributed by atoms with Gasteiger partial charge in [0.2, 0.25) is 0 Å². The summed E-state index contributed by atoms with van der Waals surface area (Å²) in [5, 5.41) is 0. The fourth-order valence-corrected chi connectivity index (χ4v) is 7.80. The van der Waals surface area contributed by atoms with Crippen molar-refractivity contribution in [3.63, 3.8) is 0 Å². The van der Waals surface area contributed by atoms with Gasteiger partial charge in [-0.05, 0) is 25.7 Å². The van der Waals surface area contributed by atoms with Crippen molar-refractivity contribution in [1.82, 2.24) is 0 Å². The Hall–Kier alpha value is 1.96. The van der Waals surface area contributed by atoms with Crippen molar-refractivity contribution < 1.29 is 18.1 Å². The Morgan fingerprint density at radius 2 is 0.327 bits per heavy atom. The standard InChI is InChI=1S/2C24H50O2P.Ca/c2*1-3-5-7-9-11-13-15-17-19-21-23-25-27-26-24-22-20-18-16-14-12-10-8-6-4-2;/h2*3-24H2,1-2H3;/q2*-1;+2. The van der Waals surface area contributed by atoms with E-state index in [4.69, 9.17) is 18.1 Å². The van der Waals surface area contributed by atoms with Crippen LogP contribution in [-0.2, 0) is 18.1 Å². The number of rotatable bonds is 48. The zero-order chi connectivity index (χ0) is 39.4. The van der Waals surface area contributed by atoms with E-state index in [9.17, 15) is 0 Å². The van der Waals surface area contributed by atoms with Crippen molar-refractivity contribution in [2.45, 2.75) is 285 Å². The second-order valence-electron chi connectivity index (χ2n) is 16.2. The minimum atomic E-state index is 0. The van der Waals surface area contributed by atoms with E-state index in [0.717, 1.165) is 44.5 Å². The summed E-state index contributed by atoms with van der Waals surface area (Å²) >= 11 is 0. The summed E-state index contributed by atoms with van der Waals surface area (Å²) in [6.45, 7) is 12.6. The molecule has 0 rings (SSSR count). The number of hydrogen-bond acceptors (Lipinski definition) is 4. The van der Waals surface area contributed by atoms with E-state index in [0.29, 0.717) is 0 Å². The molecule has 0 unspecified atom stereocenters. The Morgan fingerprint density at radius 1 is 0.200 bits per heavy atom. The van der Waals surface area contributed by atoms with Crippen molar-refractivity contribution in [3.05, 3.63) is 0 Å². The topological polar surface area (TPSA) is 36.9 Å². The van der Waals surface area contributed by atoms with Crippen LogP contribution in [0.25, 0.3) is 0 Å². The van der Waals surface area contributed by atoms with Crippen LogP contribution in [0.2, 0.25) is 0 Å². The summed E-state index contributed by atoms with van der Waals surface area (Å²) in [7, 11) is 1.47. The fourth-order valence-electron chi connectivity index (χ4n) is 6.84. The molecule has 0 aliphatic heterocycles. The second-order valence-corrected chi connectivity index (χ2v) is 17.5. The quantitative estimate of drug-likeness (QED) is 0.0347. The monoisotopic (exact) mass is 843 g/mol. The van der Waals surface area contributed by atoms with Gasteiger partial charge >= 0.3 is 37.7 Å². The second kappa shape index (κ2) is 62.6. The molecule has 0 bridgehead atoms. The van der Waals surface area contributed by atoms with Crippen LogP contribution in [0.15, 0.2) is 0 Å². The van der Waals surface area contributed by atoms with E-state index >= 15 is 0 Å². The molecule has 0 aromatic heterocycles. The van der Waals surface area contributed by atoms with E-state index in [1.807, 2.05) is 0 Å². The maximum absolute atomic E-state index is 5.55. The first-order valence-electron chi connectivity index (χ1n) is 24.7. The predicted octanol–water partition coefficient (Wildman–Crippen LogP) is 18.9. The minimum Gasteiger partial charge on any atom is -0.529 e. The van der Waals surface area contributed by atoms with E-state index in [2.05, 4.69) is 27.7 Å². The molecule has 7 heteroatoms. The van der Waals surface area contributed by atoms with Crippen molar-refractivity contribution in [3.8, 4) is 0 Å². The first-order chi connectivity index (χ1) is 26.8. The van der Waals surface area contributed by atoms with Crippen LogP contribution < -0.4 is 0 Å². The maximum atomic E-state index is 5.55. The summed E-state index contributed by atoms with van der Waals surface area (Å²) in [4.78, 5) is 0. The van der Waals surface area contributed by atoms with Crippen LogP contribution in [0.3, 0.4) is 0 Å². The molecule has 0 fully saturated rings. The van der Waals surface area contributed by atoms with E-state index < -0.39 is 0 Å². The van der Waals surface area contributed by atoms with Gasteiger partial charge in [0.25, 0.3) is 0 Å². The summed E-state index contributed by atoms with van der Waals surface area (Å²) in [6.07, 6.45) is 55.0. The van der Waals surface area contributed by atoms with Crippen molar-refractivity contribution >= 4 is 55.8 Å². The Kier molecular flexibility index (Phi) is 69.7. The third kappa shape index (κ3) is 65.3. The average Bonchev–Trinajstić information content (AvgIpc) is 3.18. The number of hydrogen-bond donors (Lipinski definition) is 0. The minimum absolute atomic E-state index is 0. The van der Waals surface area contributed by atoms with E-state index in [1.165, 1.54) is 257 Å². The Morgan fingerprint density at radius 3 is 0.473 bits per heavy atom. The van der Waals surface area contributed by atoms with Gasteiger partial charge in [-0.25, -0.2) is 18.1 Å². The molecule has 0 heterocycles. The average molecular weight is 843 g/mol. The molecule has 328 valence electrons. The summed E-state index contributed by atoms with van der Waals surface area (Å²) in [5.74, 6) is 0. The molecule has 0 aromatic carbocycles. The molecule has 0 N–H and O–H groups in total. The van der Waals surface area contributed by atoms with Gasteiger partial charge in [0, 0.05) is 26.4 Å². The summed E-state index contributed by atoms with van der Waals surface area (Å²) < 4.78 is 22.2. The molecule has 0 saturated carbocycles. The SMILES string of the molecule is CCCCCCCCCCCCO[P-]OCCCCCCCCCCCC.CCCCCCCCCCCCO[P-]OCCCCCCCCCCCC.[Ca+2]. The van der Waals surface area contributed by atoms with Crippen molar-refractivity contribution in [1.29, 1.82) is 0 Å². The van der Waals surface area contributed by atoms with E-state index in [1.54, 1.807) is 0 Å². The van der Waals surface area contributed by atoms with Gasteiger partial charge in [0.15, 0.2) is 0 Å². The van der Waals surface area contributed by atoms with Gasteiger partial charge in [-0.3, -0.25) is 0 Å². The third-order valence-corrected chi connectivity index (χ3v) is 11.7. The van der Waals surface area contributed by atoms with Gasteiger partial charge in [-0.15, -0.1) is 0 Å². The molecule has 4 nitrogen and oxygen atoms in total. The number of unbranched alkanes of at least 4 members (excludes halogenated alkanes) is 36. The Labute approximate surface area is 382 Å². The summed E-state index contributed by atoms with van der Waals surface area (Å²) in [6, 6.07) is 0. The molecule has 0 aliphatic carbocycles. The normalized spacial score (nSPS) is 11.1. The molecule has 0 amide bonds. The van der Waals surface area contributed by atoms with Gasteiger partial charge in [0.1, 0.15) is 0 Å². The van der Waals surface area contributed by atoms with Gasteiger partial charge in [-0.1, -0.05) is 259 Å². The third-order valence-electron chi connectivity index (χ3n) is 10.6. The van der Waals surface area contributed by atoms with Crippen molar-refractivity contribution in [2.24, 2.45) is 0 Å². The molecule has 0 spiro atoms. The molecule has 0 radical (unpaired) electrons. The zero-order valence-electron chi connectivity index (χ0n) is 38.3. The zero-order valence-corrected chi connectivity index (χ0v) is 42.3. The molecular formula is C48H100CaO4P2. The largest absolute Gasteiger partial charge is 2.00 e. The van der Waals surface area contributed by atoms with Gasteiger partial charge < -0.3 is 18.1 Å². The van der Waals surface area contributed by atoms with Crippen LogP contribution in [-0.4, -0.2) is 64.2 Å². The molecule has 0 aliphatic rings. The first-order valence-corrected chi connectivity index (χ1v) is 26.2. The van der Waals surface area contributed by atoms with Crippen LogP contribution >= 0.6 is 18.1 Å². The van der Waals surface area contributed by atoms with Crippen LogP contribution in [0, 0.1) is 0 Å². The van der Waals surface area contributed by atoms with Gasteiger partial charge in [-0.2, -0.15) is 0 Å². The molecule has 0 atom stereocenters. The molecule has 55 heavy (non-hydrogen) atoms. The van der Waals surface area contributed by atoms with Gasteiger partial charge in [0.05, 0.1) is 0 Å². The van der Waals surface area contributed by atoms with Crippen molar-refractivity contribution in [2.75, 3.05) is 26.4 Å².